The average Bonchev–Trinajstić information content (AvgIpc) is 2.35. The molecule has 0 heterocycles. The Balaban J connectivity index is 2.11. The fraction of sp³-hybridized carbons (Fsp3) is 0.0769. The van der Waals surface area contributed by atoms with Crippen LogP contribution in [-0.2, 0) is 6.61 Å². The smallest absolute Gasteiger partial charge is 0.141 e. The molecule has 0 fully saturated rings. The monoisotopic (exact) mass is 348 g/mol. The molecule has 1 nitrogen and oxygen atoms in total. The highest BCUT2D eigenvalue weighted by Gasteiger charge is 2.06. The maximum absolute atomic E-state index is 13.3. The standard InChI is InChI=1S/C13H8BrCl2FO/c14-10-5-4-9(6-12(10)17)18-7-8-2-1-3-11(15)13(8)16/h1-6H,7H2. The van der Waals surface area contributed by atoms with Gasteiger partial charge in [-0.15, -0.1) is 0 Å². The van der Waals surface area contributed by atoms with Crippen LogP contribution in [0.25, 0.3) is 0 Å². The number of halogens is 4. The molecule has 18 heavy (non-hydrogen) atoms. The van der Waals surface area contributed by atoms with Crippen LogP contribution in [-0.4, -0.2) is 0 Å². The van der Waals surface area contributed by atoms with Gasteiger partial charge in [-0.1, -0.05) is 35.3 Å². The first-order valence-electron chi connectivity index (χ1n) is 5.08. The minimum Gasteiger partial charge on any atom is -0.489 e. The van der Waals surface area contributed by atoms with E-state index in [4.69, 9.17) is 27.9 Å². The number of hydrogen-bond donors (Lipinski definition) is 0. The van der Waals surface area contributed by atoms with Crippen molar-refractivity contribution in [3.63, 3.8) is 0 Å². The second kappa shape index (κ2) is 5.91. The number of benzene rings is 2. The summed E-state index contributed by atoms with van der Waals surface area (Å²) in [5, 5.41) is 0.927. The fourth-order valence-electron chi connectivity index (χ4n) is 1.39. The molecule has 0 aliphatic rings. The lowest BCUT2D eigenvalue weighted by Crippen LogP contribution is -1.97. The van der Waals surface area contributed by atoms with Gasteiger partial charge in [0, 0.05) is 11.6 Å². The predicted molar refractivity (Wildman–Crippen MR) is 74.9 cm³/mol. The van der Waals surface area contributed by atoms with E-state index < -0.39 is 0 Å². The molecule has 94 valence electrons. The fourth-order valence-corrected chi connectivity index (χ4v) is 2.01. The van der Waals surface area contributed by atoms with Crippen molar-refractivity contribution in [3.8, 4) is 5.75 Å². The maximum atomic E-state index is 13.3. The topological polar surface area (TPSA) is 9.23 Å². The van der Waals surface area contributed by atoms with Crippen LogP contribution in [0.5, 0.6) is 5.75 Å². The van der Waals surface area contributed by atoms with E-state index in [1.807, 2.05) is 6.07 Å². The van der Waals surface area contributed by atoms with Gasteiger partial charge < -0.3 is 4.74 Å². The van der Waals surface area contributed by atoms with Crippen LogP contribution in [0.4, 0.5) is 4.39 Å². The van der Waals surface area contributed by atoms with Crippen molar-refractivity contribution in [2.45, 2.75) is 6.61 Å². The summed E-state index contributed by atoms with van der Waals surface area (Å²) in [6, 6.07) is 9.86. The number of hydrogen-bond acceptors (Lipinski definition) is 1. The minimum absolute atomic E-state index is 0.237. The highest BCUT2D eigenvalue weighted by molar-refractivity contribution is 9.10. The molecule has 0 aromatic heterocycles. The Labute approximate surface area is 123 Å². The number of ether oxygens (including phenoxy) is 1. The number of rotatable bonds is 3. The first-order chi connectivity index (χ1) is 8.58. The van der Waals surface area contributed by atoms with Gasteiger partial charge >= 0.3 is 0 Å². The first-order valence-corrected chi connectivity index (χ1v) is 6.63. The van der Waals surface area contributed by atoms with Gasteiger partial charge in [-0.25, -0.2) is 4.39 Å². The van der Waals surface area contributed by atoms with Crippen molar-refractivity contribution in [2.24, 2.45) is 0 Å². The molecule has 0 radical (unpaired) electrons. The van der Waals surface area contributed by atoms with Gasteiger partial charge in [0.1, 0.15) is 18.2 Å². The quantitative estimate of drug-likeness (QED) is 0.713. The van der Waals surface area contributed by atoms with E-state index in [0.29, 0.717) is 20.3 Å². The zero-order chi connectivity index (χ0) is 13.1. The molecule has 0 saturated carbocycles. The van der Waals surface area contributed by atoms with Gasteiger partial charge in [-0.2, -0.15) is 0 Å². The van der Waals surface area contributed by atoms with Crippen molar-refractivity contribution in [1.29, 1.82) is 0 Å². The van der Waals surface area contributed by atoms with Gasteiger partial charge in [-0.3, -0.25) is 0 Å². The summed E-state index contributed by atoms with van der Waals surface area (Å²) >= 11 is 15.0. The Morgan fingerprint density at radius 1 is 1.17 bits per heavy atom. The van der Waals surface area contributed by atoms with Gasteiger partial charge in [-0.05, 0) is 34.1 Å². The van der Waals surface area contributed by atoms with Gasteiger partial charge in [0.25, 0.3) is 0 Å². The van der Waals surface area contributed by atoms with Gasteiger partial charge in [0.2, 0.25) is 0 Å². The van der Waals surface area contributed by atoms with Gasteiger partial charge in [0.15, 0.2) is 0 Å². The predicted octanol–water partition coefficient (Wildman–Crippen LogP) is 5.47. The Morgan fingerprint density at radius 3 is 2.67 bits per heavy atom. The van der Waals surface area contributed by atoms with E-state index in [9.17, 15) is 4.39 Å². The Morgan fingerprint density at radius 2 is 1.94 bits per heavy atom. The van der Waals surface area contributed by atoms with Crippen LogP contribution in [0.3, 0.4) is 0 Å². The molecule has 0 aliphatic carbocycles. The molecule has 5 heteroatoms. The molecular formula is C13H8BrCl2FO. The Bertz CT molecular complexity index is 575. The van der Waals surface area contributed by atoms with Gasteiger partial charge in [0.05, 0.1) is 14.5 Å². The van der Waals surface area contributed by atoms with E-state index >= 15 is 0 Å². The van der Waals surface area contributed by atoms with Crippen molar-refractivity contribution in [3.05, 3.63) is 62.3 Å². The van der Waals surface area contributed by atoms with E-state index in [1.54, 1.807) is 24.3 Å². The second-order valence-corrected chi connectivity index (χ2v) is 5.22. The largest absolute Gasteiger partial charge is 0.489 e. The lowest BCUT2D eigenvalue weighted by atomic mass is 10.2. The summed E-state index contributed by atoms with van der Waals surface area (Å²) < 4.78 is 19.1. The van der Waals surface area contributed by atoms with Crippen molar-refractivity contribution >= 4 is 39.1 Å². The van der Waals surface area contributed by atoms with Crippen LogP contribution < -0.4 is 4.74 Å². The van der Waals surface area contributed by atoms with E-state index in [1.165, 1.54) is 6.07 Å². The van der Waals surface area contributed by atoms with E-state index in [0.717, 1.165) is 5.56 Å². The average molecular weight is 350 g/mol. The van der Waals surface area contributed by atoms with Crippen LogP contribution in [0.1, 0.15) is 5.56 Å². The molecule has 2 aromatic carbocycles. The summed E-state index contributed by atoms with van der Waals surface area (Å²) in [5.74, 6) is 0.0661. The van der Waals surface area contributed by atoms with E-state index in [-0.39, 0.29) is 12.4 Å². The summed E-state index contributed by atoms with van der Waals surface area (Å²) in [5.41, 5.74) is 0.757. The summed E-state index contributed by atoms with van der Waals surface area (Å²) in [6.07, 6.45) is 0. The molecule has 0 unspecified atom stereocenters. The van der Waals surface area contributed by atoms with Crippen molar-refractivity contribution in [2.75, 3.05) is 0 Å². The van der Waals surface area contributed by atoms with Crippen LogP contribution >= 0.6 is 39.1 Å². The molecule has 0 bridgehead atoms. The molecule has 2 aromatic rings. The molecule has 0 N–H and O–H groups in total. The lowest BCUT2D eigenvalue weighted by molar-refractivity contribution is 0.304. The normalized spacial score (nSPS) is 10.4. The molecule has 2 rings (SSSR count). The van der Waals surface area contributed by atoms with Crippen molar-refractivity contribution < 1.29 is 9.13 Å². The summed E-state index contributed by atoms with van der Waals surface area (Å²) in [6.45, 7) is 0.237. The third kappa shape index (κ3) is 3.16. The first kappa shape index (κ1) is 13.7. The molecule has 0 amide bonds. The Hall–Kier alpha value is -0.770. The second-order valence-electron chi connectivity index (χ2n) is 3.58. The van der Waals surface area contributed by atoms with Crippen LogP contribution in [0.15, 0.2) is 40.9 Å². The maximum Gasteiger partial charge on any atom is 0.141 e. The highest BCUT2D eigenvalue weighted by atomic mass is 79.9. The molecule has 0 aliphatic heterocycles. The van der Waals surface area contributed by atoms with Crippen LogP contribution in [0.2, 0.25) is 10.0 Å². The van der Waals surface area contributed by atoms with E-state index in [2.05, 4.69) is 15.9 Å². The summed E-state index contributed by atoms with van der Waals surface area (Å²) in [4.78, 5) is 0. The third-order valence-corrected chi connectivity index (χ3v) is 3.82. The van der Waals surface area contributed by atoms with Crippen molar-refractivity contribution in [1.82, 2.24) is 0 Å². The SMILES string of the molecule is Fc1cc(OCc2cccc(Cl)c2Cl)ccc1Br. The molecule has 0 saturated heterocycles. The molecular weight excluding hydrogens is 342 g/mol. The third-order valence-electron chi connectivity index (χ3n) is 2.32. The Kier molecular flexibility index (Phi) is 4.49. The van der Waals surface area contributed by atoms with Crippen LogP contribution in [0, 0.1) is 5.82 Å². The molecule has 0 spiro atoms. The lowest BCUT2D eigenvalue weighted by Gasteiger charge is -2.09. The zero-order valence-corrected chi connectivity index (χ0v) is 12.2. The minimum atomic E-state index is -0.371. The molecule has 0 atom stereocenters. The zero-order valence-electron chi connectivity index (χ0n) is 9.09. The summed E-state index contributed by atoms with van der Waals surface area (Å²) in [7, 11) is 0. The highest BCUT2D eigenvalue weighted by Crippen LogP contribution is 2.27.